The maximum Gasteiger partial charge on any atom is 0.547 e. The van der Waals surface area contributed by atoms with Crippen LogP contribution >= 0.6 is 0 Å². The third-order valence-corrected chi connectivity index (χ3v) is 7.70. The Morgan fingerprint density at radius 2 is 1.88 bits per heavy atom. The summed E-state index contributed by atoms with van der Waals surface area (Å²) >= 11 is 0. The molecule has 2 aromatic rings. The van der Waals surface area contributed by atoms with Gasteiger partial charge in [0.1, 0.15) is 29.1 Å². The Hall–Kier alpha value is -4.75. The first-order valence-electron chi connectivity index (χ1n) is 12.6. The zero-order chi connectivity index (χ0) is 31.6. The van der Waals surface area contributed by atoms with Crippen molar-refractivity contribution >= 4 is 46.9 Å². The maximum atomic E-state index is 13.5. The van der Waals surface area contributed by atoms with Crippen LogP contribution in [0.5, 0.6) is 11.5 Å². The van der Waals surface area contributed by atoms with E-state index in [1.54, 1.807) is 0 Å². The summed E-state index contributed by atoms with van der Waals surface area (Å²) in [6, 6.07) is 4.01. The molecule has 5 amide bonds. The van der Waals surface area contributed by atoms with Crippen LogP contribution in [-0.2, 0) is 30.8 Å². The number of rotatable bonds is 8. The molecule has 0 saturated carbocycles. The largest absolute Gasteiger partial charge is 0.547 e. The number of amides is 5. The summed E-state index contributed by atoms with van der Waals surface area (Å²) in [7, 11) is -6.12. The number of hydrogen-bond donors (Lipinski definition) is 6. The molecule has 1 fully saturated rings. The minimum absolute atomic E-state index is 0.101. The zero-order valence-corrected chi connectivity index (χ0v) is 22.9. The van der Waals surface area contributed by atoms with Gasteiger partial charge in [0.05, 0.1) is 11.5 Å². The highest BCUT2D eigenvalue weighted by Gasteiger charge is 2.41. The number of halogens is 1. The van der Waals surface area contributed by atoms with Gasteiger partial charge in [-0.25, -0.2) is 27.5 Å². The summed E-state index contributed by atoms with van der Waals surface area (Å²) in [5.41, 5.74) is -0.0745. The van der Waals surface area contributed by atoms with Crippen LogP contribution in [0.25, 0.3) is 0 Å². The number of piperazine rings is 1. The highest BCUT2D eigenvalue weighted by atomic mass is 32.2. The number of para-hydroxylation sites is 1. The molecule has 7 N–H and O–H groups in total. The smallest absolute Gasteiger partial charge is 0.534 e. The Labute approximate surface area is 243 Å². The lowest BCUT2D eigenvalue weighted by Crippen LogP contribution is -2.60. The molecule has 228 valence electrons. The molecule has 1 saturated heterocycles. The Morgan fingerprint density at radius 3 is 2.51 bits per heavy atom. The van der Waals surface area contributed by atoms with Crippen molar-refractivity contribution < 1.29 is 56.7 Å². The van der Waals surface area contributed by atoms with Crippen molar-refractivity contribution in [3.63, 3.8) is 0 Å². The lowest BCUT2D eigenvalue weighted by molar-refractivity contribution is -0.153. The number of aromatic hydroxyl groups is 1. The topological polar surface area (TPSA) is 246 Å². The Balaban J connectivity index is 1.62. The van der Waals surface area contributed by atoms with Crippen LogP contribution in [0.1, 0.15) is 27.5 Å². The Bertz CT molecular complexity index is 1610. The van der Waals surface area contributed by atoms with Crippen LogP contribution in [0.3, 0.4) is 0 Å². The average molecular weight is 621 g/mol. The number of hydrogen-bond acceptors (Lipinski definition) is 10. The molecule has 2 atom stereocenters. The van der Waals surface area contributed by atoms with E-state index in [1.165, 1.54) is 18.2 Å². The molecule has 2 aliphatic heterocycles. The van der Waals surface area contributed by atoms with E-state index in [0.717, 1.165) is 23.1 Å². The van der Waals surface area contributed by atoms with Crippen molar-refractivity contribution in [1.29, 1.82) is 0 Å². The minimum atomic E-state index is -4.38. The molecular weight excluding hydrogens is 596 g/mol. The van der Waals surface area contributed by atoms with Gasteiger partial charge in [-0.2, -0.15) is 0 Å². The fourth-order valence-corrected chi connectivity index (χ4v) is 5.23. The molecule has 0 aromatic heterocycles. The summed E-state index contributed by atoms with van der Waals surface area (Å²) in [5, 5.41) is 40.0. The number of alkyl halides is 1. The fourth-order valence-electron chi connectivity index (χ4n) is 4.62. The lowest BCUT2D eigenvalue weighted by atomic mass is 9.72. The van der Waals surface area contributed by atoms with Crippen LogP contribution in [0.15, 0.2) is 41.3 Å². The second-order valence-electron chi connectivity index (χ2n) is 9.52. The van der Waals surface area contributed by atoms with Gasteiger partial charge in [0, 0.05) is 19.6 Å². The van der Waals surface area contributed by atoms with Gasteiger partial charge in [-0.05, 0) is 35.7 Å². The van der Waals surface area contributed by atoms with E-state index in [1.807, 2.05) is 0 Å². The predicted octanol–water partition coefficient (Wildman–Crippen LogP) is -1.73. The number of primary sulfonamides is 1. The van der Waals surface area contributed by atoms with Gasteiger partial charge in [-0.1, -0.05) is 18.2 Å². The molecule has 0 bridgehead atoms. The number of phenols is 1. The van der Waals surface area contributed by atoms with Crippen LogP contribution < -0.4 is 20.4 Å². The minimum Gasteiger partial charge on any atom is -0.534 e. The van der Waals surface area contributed by atoms with E-state index in [4.69, 9.17) is 9.79 Å². The number of carbonyl (C=O) groups excluding carboxylic acids is 4. The van der Waals surface area contributed by atoms with E-state index < -0.39 is 76.2 Å². The first-order valence-corrected chi connectivity index (χ1v) is 14.1. The van der Waals surface area contributed by atoms with E-state index in [0.29, 0.717) is 10.5 Å². The van der Waals surface area contributed by atoms with Crippen molar-refractivity contribution in [2.75, 3.05) is 26.3 Å². The van der Waals surface area contributed by atoms with Crippen molar-refractivity contribution in [2.45, 2.75) is 23.3 Å². The highest BCUT2D eigenvalue weighted by Crippen LogP contribution is 2.31. The number of nitrogens with zero attached hydrogens (tertiary/aromatic N) is 2. The molecule has 19 heteroatoms. The molecule has 0 radical (unpaired) electrons. The number of sulfonamides is 1. The second-order valence-corrected chi connectivity index (χ2v) is 11.0. The summed E-state index contributed by atoms with van der Waals surface area (Å²) in [5.74, 6) is -6.92. The van der Waals surface area contributed by atoms with E-state index in [2.05, 4.69) is 10.6 Å². The number of urea groups is 1. The molecule has 0 spiro atoms. The molecule has 2 aliphatic rings. The number of aromatic carboxylic acids is 1. The summed E-state index contributed by atoms with van der Waals surface area (Å²) in [6.07, 6.45) is -0.108. The number of carboxylic acids is 1. The maximum absolute atomic E-state index is 13.5. The summed E-state index contributed by atoms with van der Waals surface area (Å²) in [6.45, 7) is -1.78. The number of phenolic OH excluding ortho intramolecular Hbond substituents is 1. The third kappa shape index (κ3) is 6.52. The van der Waals surface area contributed by atoms with Crippen molar-refractivity contribution in [3.05, 3.63) is 53.1 Å². The molecule has 4 rings (SSSR count). The van der Waals surface area contributed by atoms with E-state index in [-0.39, 0.29) is 42.9 Å². The van der Waals surface area contributed by atoms with Gasteiger partial charge in [-0.3, -0.25) is 19.3 Å². The third-order valence-electron chi connectivity index (χ3n) is 6.74. The number of imide groups is 1. The zero-order valence-electron chi connectivity index (χ0n) is 22.1. The van der Waals surface area contributed by atoms with Gasteiger partial charge in [0.15, 0.2) is 0 Å². The van der Waals surface area contributed by atoms with Crippen molar-refractivity contribution in [3.8, 4) is 11.5 Å². The first kappa shape index (κ1) is 31.2. The predicted molar refractivity (Wildman–Crippen MR) is 143 cm³/mol. The normalized spacial score (nSPS) is 17.6. The lowest BCUT2D eigenvalue weighted by Gasteiger charge is -2.33. The van der Waals surface area contributed by atoms with Gasteiger partial charge in [-0.15, -0.1) is 0 Å². The summed E-state index contributed by atoms with van der Waals surface area (Å²) in [4.78, 5) is 63.7. The van der Waals surface area contributed by atoms with E-state index in [9.17, 15) is 52.0 Å². The Kier molecular flexibility index (Phi) is 8.88. The van der Waals surface area contributed by atoms with Crippen molar-refractivity contribution in [2.24, 2.45) is 5.14 Å². The standard InChI is InChI=1S/C24H25BFN5O11S/c26-6-7-30-8-9-31(22(35)21(30)34)24(38)29-18(12-4-5-16(15(32)10-12)43(27,40)41)20(33)28-17-11-13-2-1-3-14(23(36)37)19(13)42-25(17)39/h1-5,10,17-18,32,39H,6-9,11H2,(H,28,33)(H,29,38)(H,36,37)(H2,27,40,41)/t17-,18+/m0/s1. The van der Waals surface area contributed by atoms with Gasteiger partial charge >= 0.3 is 30.9 Å². The molecule has 0 aliphatic carbocycles. The van der Waals surface area contributed by atoms with Gasteiger partial charge < -0.3 is 35.4 Å². The highest BCUT2D eigenvalue weighted by molar-refractivity contribution is 7.89. The van der Waals surface area contributed by atoms with Crippen LogP contribution in [0.4, 0.5) is 9.18 Å². The number of nitrogens with two attached hydrogens (primary N) is 1. The molecule has 2 heterocycles. The first-order chi connectivity index (χ1) is 20.2. The number of nitrogens with one attached hydrogen (secondary N) is 2. The molecule has 16 nitrogen and oxygen atoms in total. The Morgan fingerprint density at radius 1 is 1.16 bits per heavy atom. The fraction of sp³-hybridized carbons (Fsp3) is 0.292. The van der Waals surface area contributed by atoms with Crippen molar-refractivity contribution in [1.82, 2.24) is 20.4 Å². The molecular formula is C24H25BFN5O11S. The monoisotopic (exact) mass is 621 g/mol. The summed E-state index contributed by atoms with van der Waals surface area (Å²) < 4.78 is 41.6. The van der Waals surface area contributed by atoms with Gasteiger partial charge in [0.2, 0.25) is 15.9 Å². The average Bonchev–Trinajstić information content (AvgIpc) is 2.93. The number of carbonyl (C=O) groups is 5. The van der Waals surface area contributed by atoms with Gasteiger partial charge in [0.25, 0.3) is 0 Å². The molecule has 2 aromatic carbocycles. The van der Waals surface area contributed by atoms with Crippen LogP contribution in [0.2, 0.25) is 0 Å². The van der Waals surface area contributed by atoms with E-state index >= 15 is 0 Å². The SMILES string of the molecule is NS(=O)(=O)c1ccc([C@@H](NC(=O)N2CCN(CCF)C(=O)C2=O)C(=O)N[C@H]2Cc3cccc(C(=O)O)c3OB2O)cc1O. The van der Waals surface area contributed by atoms with Crippen LogP contribution in [-0.4, -0.2) is 103 Å². The number of fused-ring (bicyclic) bond motifs is 1. The van der Waals surface area contributed by atoms with Crippen LogP contribution in [0, 0.1) is 0 Å². The molecule has 43 heavy (non-hydrogen) atoms. The molecule has 0 unspecified atom stereocenters. The quantitative estimate of drug-likeness (QED) is 0.143. The number of benzene rings is 2. The second kappa shape index (κ2) is 12.2. The number of carboxylic acid groups (broad SMARTS) is 1.